The summed E-state index contributed by atoms with van der Waals surface area (Å²) in [5.74, 6) is 0.531. The molecule has 0 saturated heterocycles. The van der Waals surface area contributed by atoms with E-state index >= 15 is 0 Å². The second-order valence-electron chi connectivity index (χ2n) is 9.77. The highest BCUT2D eigenvalue weighted by Crippen LogP contribution is 2.34. The van der Waals surface area contributed by atoms with Gasteiger partial charge in [-0.25, -0.2) is 0 Å². The predicted molar refractivity (Wildman–Crippen MR) is 123 cm³/mol. The summed E-state index contributed by atoms with van der Waals surface area (Å²) in [4.78, 5) is 8.68. The van der Waals surface area contributed by atoms with E-state index < -0.39 is 0 Å². The highest BCUT2D eigenvalue weighted by atomic mass is 16.3. The second kappa shape index (κ2) is 8.40. The third-order valence-corrected chi connectivity index (χ3v) is 4.81. The van der Waals surface area contributed by atoms with Crippen molar-refractivity contribution >= 4 is 12.4 Å². The first-order valence-corrected chi connectivity index (χ1v) is 9.98. The number of phenolic OH excluding ortho intramolecular Hbond substituents is 2. The Morgan fingerprint density at radius 1 is 0.690 bits per heavy atom. The topological polar surface area (TPSA) is 65.2 Å². The van der Waals surface area contributed by atoms with Gasteiger partial charge in [0.2, 0.25) is 0 Å². The highest BCUT2D eigenvalue weighted by molar-refractivity contribution is 5.86. The van der Waals surface area contributed by atoms with Crippen LogP contribution in [0.5, 0.6) is 11.5 Å². The van der Waals surface area contributed by atoms with Gasteiger partial charge in [-0.2, -0.15) is 0 Å². The van der Waals surface area contributed by atoms with Gasteiger partial charge < -0.3 is 10.2 Å². The summed E-state index contributed by atoms with van der Waals surface area (Å²) in [5.41, 5.74) is 5.06. The van der Waals surface area contributed by atoms with Crippen molar-refractivity contribution in [2.45, 2.75) is 66.2 Å². The number of phenols is 2. The minimum absolute atomic E-state index is 0.149. The van der Waals surface area contributed by atoms with Crippen LogP contribution >= 0.6 is 0 Å². The van der Waals surface area contributed by atoms with Gasteiger partial charge in [0, 0.05) is 34.7 Å². The van der Waals surface area contributed by atoms with Gasteiger partial charge >= 0.3 is 0 Å². The third kappa shape index (κ3) is 5.69. The van der Waals surface area contributed by atoms with Crippen molar-refractivity contribution in [3.05, 3.63) is 57.6 Å². The van der Waals surface area contributed by atoms with Gasteiger partial charge in [0.1, 0.15) is 18.2 Å². The zero-order valence-electron chi connectivity index (χ0n) is 19.0. The first-order valence-electron chi connectivity index (χ1n) is 9.98. The third-order valence-electron chi connectivity index (χ3n) is 4.81. The Morgan fingerprint density at radius 3 is 1.34 bits per heavy atom. The SMILES string of the molecule is Cc1cc(C=NCN=Cc2cc(C)cc(C(C)(C)C)c2O)c(O)c(C(C)(C)C)c1. The molecule has 2 aromatic carbocycles. The van der Waals surface area contributed by atoms with Crippen LogP contribution in [0.3, 0.4) is 0 Å². The maximum absolute atomic E-state index is 10.6. The largest absolute Gasteiger partial charge is 0.507 e. The van der Waals surface area contributed by atoms with Crippen molar-refractivity contribution in [1.29, 1.82) is 0 Å². The standard InChI is InChI=1S/C25H34N2O2/c1-16-9-18(22(28)20(11-16)24(3,4)5)13-26-15-27-14-19-10-17(2)12-21(23(19)29)25(6,7)8/h9-14,28-29H,15H2,1-8H3. The summed E-state index contributed by atoms with van der Waals surface area (Å²) in [7, 11) is 0. The molecule has 0 radical (unpaired) electrons. The van der Waals surface area contributed by atoms with Gasteiger partial charge in [0.05, 0.1) is 0 Å². The first kappa shape index (κ1) is 22.7. The van der Waals surface area contributed by atoms with E-state index in [9.17, 15) is 10.2 Å². The van der Waals surface area contributed by atoms with Gasteiger partial charge in [0.25, 0.3) is 0 Å². The van der Waals surface area contributed by atoms with E-state index in [1.807, 2.05) is 38.1 Å². The second-order valence-corrected chi connectivity index (χ2v) is 9.77. The monoisotopic (exact) mass is 394 g/mol. The fourth-order valence-electron chi connectivity index (χ4n) is 3.28. The normalized spacial score (nSPS) is 13.0. The summed E-state index contributed by atoms with van der Waals surface area (Å²) >= 11 is 0. The Labute approximate surface area is 175 Å². The Balaban J connectivity index is 2.21. The fraction of sp³-hybridized carbons (Fsp3) is 0.440. The van der Waals surface area contributed by atoms with Gasteiger partial charge in [-0.05, 0) is 47.9 Å². The molecule has 0 heterocycles. The van der Waals surface area contributed by atoms with Crippen molar-refractivity contribution in [3.63, 3.8) is 0 Å². The lowest BCUT2D eigenvalue weighted by Gasteiger charge is -2.22. The average molecular weight is 395 g/mol. The minimum atomic E-state index is -0.149. The lowest BCUT2D eigenvalue weighted by atomic mass is 9.84. The smallest absolute Gasteiger partial charge is 0.129 e. The summed E-state index contributed by atoms with van der Waals surface area (Å²) < 4.78 is 0. The Bertz CT molecular complexity index is 865. The van der Waals surface area contributed by atoms with Crippen LogP contribution in [0.1, 0.15) is 74.9 Å². The molecule has 0 saturated carbocycles. The number of rotatable bonds is 4. The lowest BCUT2D eigenvalue weighted by molar-refractivity contribution is 0.445. The zero-order chi connectivity index (χ0) is 22.0. The molecule has 0 atom stereocenters. The van der Waals surface area contributed by atoms with Gasteiger partial charge in [0.15, 0.2) is 0 Å². The molecule has 2 aromatic rings. The summed E-state index contributed by atoms with van der Waals surface area (Å²) in [6.45, 7) is 16.7. The molecule has 29 heavy (non-hydrogen) atoms. The Kier molecular flexibility index (Phi) is 6.56. The van der Waals surface area contributed by atoms with Gasteiger partial charge in [-0.15, -0.1) is 0 Å². The molecule has 156 valence electrons. The van der Waals surface area contributed by atoms with Crippen LogP contribution in [-0.2, 0) is 10.8 Å². The maximum Gasteiger partial charge on any atom is 0.129 e. The average Bonchev–Trinajstić information content (AvgIpc) is 2.57. The molecule has 0 fully saturated rings. The molecule has 2 N–H and O–H groups in total. The van der Waals surface area contributed by atoms with Gasteiger partial charge in [-0.1, -0.05) is 53.7 Å². The van der Waals surface area contributed by atoms with Crippen molar-refractivity contribution < 1.29 is 10.2 Å². The van der Waals surface area contributed by atoms with Crippen molar-refractivity contribution in [2.24, 2.45) is 9.98 Å². The van der Waals surface area contributed by atoms with Crippen LogP contribution < -0.4 is 0 Å². The van der Waals surface area contributed by atoms with Crippen LogP contribution in [0.25, 0.3) is 0 Å². The van der Waals surface area contributed by atoms with Crippen LogP contribution in [-0.4, -0.2) is 29.3 Å². The number of aryl methyl sites for hydroxylation is 2. The molecule has 0 spiro atoms. The van der Waals surface area contributed by atoms with Crippen LogP contribution in [0.15, 0.2) is 34.3 Å². The van der Waals surface area contributed by atoms with E-state index in [0.29, 0.717) is 11.1 Å². The molecule has 0 aliphatic rings. The van der Waals surface area contributed by atoms with E-state index in [0.717, 1.165) is 22.3 Å². The molecular weight excluding hydrogens is 360 g/mol. The first-order chi connectivity index (χ1) is 13.3. The molecule has 4 nitrogen and oxygen atoms in total. The number of aromatic hydroxyl groups is 2. The Morgan fingerprint density at radius 2 is 1.03 bits per heavy atom. The zero-order valence-corrected chi connectivity index (χ0v) is 19.0. The van der Waals surface area contributed by atoms with E-state index in [1.54, 1.807) is 12.4 Å². The molecule has 2 rings (SSSR count). The fourth-order valence-corrected chi connectivity index (χ4v) is 3.28. The molecule has 0 amide bonds. The minimum Gasteiger partial charge on any atom is -0.507 e. The van der Waals surface area contributed by atoms with Crippen molar-refractivity contribution in [3.8, 4) is 11.5 Å². The number of hydrogen-bond donors (Lipinski definition) is 2. The van der Waals surface area contributed by atoms with Crippen LogP contribution in [0.2, 0.25) is 0 Å². The molecule has 4 heteroatoms. The number of benzene rings is 2. The maximum atomic E-state index is 10.6. The summed E-state index contributed by atoms with van der Waals surface area (Å²) in [5, 5.41) is 21.2. The van der Waals surface area contributed by atoms with Crippen LogP contribution in [0.4, 0.5) is 0 Å². The van der Waals surface area contributed by atoms with E-state index in [4.69, 9.17) is 0 Å². The molecular formula is C25H34N2O2. The molecule has 0 aromatic heterocycles. The predicted octanol–water partition coefficient (Wildman–Crippen LogP) is 5.81. The van der Waals surface area contributed by atoms with Crippen LogP contribution in [0, 0.1) is 13.8 Å². The molecule has 0 unspecified atom stereocenters. The van der Waals surface area contributed by atoms with Gasteiger partial charge in [-0.3, -0.25) is 9.98 Å². The number of hydrogen-bond acceptors (Lipinski definition) is 4. The highest BCUT2D eigenvalue weighted by Gasteiger charge is 2.21. The molecule has 0 bridgehead atoms. The molecule has 0 aliphatic heterocycles. The van der Waals surface area contributed by atoms with E-state index in [-0.39, 0.29) is 29.0 Å². The molecule has 0 aliphatic carbocycles. The summed E-state index contributed by atoms with van der Waals surface area (Å²) in [6.07, 6.45) is 3.32. The van der Waals surface area contributed by atoms with Crippen molar-refractivity contribution in [2.75, 3.05) is 6.67 Å². The van der Waals surface area contributed by atoms with E-state index in [1.165, 1.54) is 0 Å². The quantitative estimate of drug-likeness (QED) is 0.643. The number of aliphatic imine (C=N–C) groups is 2. The lowest BCUT2D eigenvalue weighted by Crippen LogP contribution is -2.12. The van der Waals surface area contributed by atoms with Crippen molar-refractivity contribution in [1.82, 2.24) is 0 Å². The number of nitrogens with zero attached hydrogens (tertiary/aromatic N) is 2. The summed E-state index contributed by atoms with van der Waals surface area (Å²) in [6, 6.07) is 7.86. The Hall–Kier alpha value is -2.62. The van der Waals surface area contributed by atoms with E-state index in [2.05, 4.69) is 51.5 Å².